The van der Waals surface area contributed by atoms with E-state index >= 15 is 0 Å². The van der Waals surface area contributed by atoms with E-state index in [1.165, 1.54) is 5.57 Å². The topological polar surface area (TPSA) is 30.5 Å². The molecule has 3 heteroatoms. The Labute approximate surface area is 103 Å². The summed E-state index contributed by atoms with van der Waals surface area (Å²) in [5.74, 6) is 1.73. The molecule has 0 aliphatic heterocycles. The summed E-state index contributed by atoms with van der Waals surface area (Å²) >= 11 is 0. The second kappa shape index (κ2) is 6.97. The third-order valence-electron chi connectivity index (χ3n) is 2.68. The van der Waals surface area contributed by atoms with Gasteiger partial charge in [-0.3, -0.25) is 0 Å². The van der Waals surface area contributed by atoms with Crippen LogP contribution in [0.5, 0.6) is 11.5 Å². The number of allylic oxidation sites excluding steroid dienone is 1. The van der Waals surface area contributed by atoms with Crippen molar-refractivity contribution in [1.82, 2.24) is 5.32 Å². The van der Waals surface area contributed by atoms with E-state index in [1.54, 1.807) is 14.2 Å². The molecule has 0 heterocycles. The fraction of sp³-hybridized carbons (Fsp3) is 0.429. The molecule has 94 valence electrons. The van der Waals surface area contributed by atoms with Gasteiger partial charge in [0.15, 0.2) is 0 Å². The first-order valence-electron chi connectivity index (χ1n) is 5.76. The first-order valence-corrected chi connectivity index (χ1v) is 5.76. The standard InChI is InChI=1S/C14H21NO2/c1-11(6-5-9-15-2)13-10-12(16-3)7-8-14(13)17-4/h6-8,10,15H,5,9H2,1-4H3. The van der Waals surface area contributed by atoms with Crippen LogP contribution in [0, 0.1) is 0 Å². The van der Waals surface area contributed by atoms with Gasteiger partial charge in [-0.15, -0.1) is 0 Å². The molecule has 0 saturated carbocycles. The molecule has 0 unspecified atom stereocenters. The van der Waals surface area contributed by atoms with Crippen LogP contribution in [0.2, 0.25) is 0 Å². The molecule has 0 bridgehead atoms. The highest BCUT2D eigenvalue weighted by atomic mass is 16.5. The van der Waals surface area contributed by atoms with Gasteiger partial charge in [0.05, 0.1) is 14.2 Å². The van der Waals surface area contributed by atoms with E-state index in [-0.39, 0.29) is 0 Å². The van der Waals surface area contributed by atoms with Crippen LogP contribution in [0.3, 0.4) is 0 Å². The Morgan fingerprint density at radius 1 is 1.29 bits per heavy atom. The van der Waals surface area contributed by atoms with Crippen molar-refractivity contribution in [3.63, 3.8) is 0 Å². The third kappa shape index (κ3) is 3.79. The van der Waals surface area contributed by atoms with Crippen molar-refractivity contribution in [3.8, 4) is 11.5 Å². The Bertz CT molecular complexity index is 386. The molecule has 0 aromatic heterocycles. The fourth-order valence-electron chi connectivity index (χ4n) is 1.67. The number of nitrogens with one attached hydrogen (secondary N) is 1. The Kier molecular flexibility index (Phi) is 5.57. The van der Waals surface area contributed by atoms with Gasteiger partial charge in [-0.25, -0.2) is 0 Å². The van der Waals surface area contributed by atoms with Gasteiger partial charge >= 0.3 is 0 Å². The molecule has 0 atom stereocenters. The van der Waals surface area contributed by atoms with E-state index in [2.05, 4.69) is 18.3 Å². The first kappa shape index (κ1) is 13.6. The minimum Gasteiger partial charge on any atom is -0.497 e. The summed E-state index contributed by atoms with van der Waals surface area (Å²) in [6, 6.07) is 5.84. The van der Waals surface area contributed by atoms with Gasteiger partial charge in [-0.2, -0.15) is 0 Å². The van der Waals surface area contributed by atoms with E-state index in [0.29, 0.717) is 0 Å². The van der Waals surface area contributed by atoms with Gasteiger partial charge < -0.3 is 14.8 Å². The lowest BCUT2D eigenvalue weighted by molar-refractivity contribution is 0.402. The van der Waals surface area contributed by atoms with Crippen molar-refractivity contribution < 1.29 is 9.47 Å². The zero-order valence-corrected chi connectivity index (χ0v) is 11.0. The van der Waals surface area contributed by atoms with Crippen molar-refractivity contribution in [2.24, 2.45) is 0 Å². The van der Waals surface area contributed by atoms with Crippen LogP contribution in [-0.2, 0) is 0 Å². The van der Waals surface area contributed by atoms with E-state index in [1.807, 2.05) is 25.2 Å². The van der Waals surface area contributed by atoms with Crippen LogP contribution in [0.1, 0.15) is 18.9 Å². The quantitative estimate of drug-likeness (QED) is 0.769. The number of ether oxygens (including phenoxy) is 2. The minimum atomic E-state index is 0.849. The SMILES string of the molecule is CNCCC=C(C)c1cc(OC)ccc1OC. The molecule has 1 rings (SSSR count). The maximum Gasteiger partial charge on any atom is 0.126 e. The first-order chi connectivity index (χ1) is 8.22. The molecular formula is C14H21NO2. The lowest BCUT2D eigenvalue weighted by Gasteiger charge is -2.11. The second-order valence-corrected chi connectivity index (χ2v) is 3.85. The van der Waals surface area contributed by atoms with Crippen molar-refractivity contribution >= 4 is 5.57 Å². The highest BCUT2D eigenvalue weighted by molar-refractivity contribution is 5.70. The normalized spacial score (nSPS) is 11.4. The Balaban J connectivity index is 2.96. The van der Waals surface area contributed by atoms with Crippen molar-refractivity contribution in [3.05, 3.63) is 29.8 Å². The van der Waals surface area contributed by atoms with Gasteiger partial charge in [0.2, 0.25) is 0 Å². The van der Waals surface area contributed by atoms with Crippen LogP contribution < -0.4 is 14.8 Å². The summed E-state index contributed by atoms with van der Waals surface area (Å²) in [5, 5.41) is 3.13. The molecule has 1 aromatic carbocycles. The van der Waals surface area contributed by atoms with E-state index in [4.69, 9.17) is 9.47 Å². The van der Waals surface area contributed by atoms with Crippen molar-refractivity contribution in [2.75, 3.05) is 27.8 Å². The molecule has 1 aromatic rings. The van der Waals surface area contributed by atoms with Crippen LogP contribution >= 0.6 is 0 Å². The van der Waals surface area contributed by atoms with Crippen molar-refractivity contribution in [1.29, 1.82) is 0 Å². The summed E-state index contributed by atoms with van der Waals surface area (Å²) < 4.78 is 10.6. The summed E-state index contributed by atoms with van der Waals surface area (Å²) in [5.41, 5.74) is 2.29. The second-order valence-electron chi connectivity index (χ2n) is 3.85. The number of methoxy groups -OCH3 is 2. The Morgan fingerprint density at radius 2 is 2.06 bits per heavy atom. The number of benzene rings is 1. The molecule has 0 amide bonds. The summed E-state index contributed by atoms with van der Waals surface area (Å²) in [4.78, 5) is 0. The Morgan fingerprint density at radius 3 is 2.65 bits per heavy atom. The lowest BCUT2D eigenvalue weighted by Crippen LogP contribution is -2.06. The minimum absolute atomic E-state index is 0.849. The molecule has 17 heavy (non-hydrogen) atoms. The van der Waals surface area contributed by atoms with Gasteiger partial charge in [-0.1, -0.05) is 6.08 Å². The highest BCUT2D eigenvalue weighted by Crippen LogP contribution is 2.29. The fourth-order valence-corrected chi connectivity index (χ4v) is 1.67. The van der Waals surface area contributed by atoms with Crippen LogP contribution in [-0.4, -0.2) is 27.8 Å². The summed E-state index contributed by atoms with van der Waals surface area (Å²) in [7, 11) is 5.31. The molecule has 0 aliphatic carbocycles. The van der Waals surface area contributed by atoms with Gasteiger partial charge in [0.25, 0.3) is 0 Å². The van der Waals surface area contributed by atoms with Gasteiger partial charge in [0, 0.05) is 5.56 Å². The molecule has 0 spiro atoms. The summed E-state index contributed by atoms with van der Waals surface area (Å²) in [6.45, 7) is 3.07. The smallest absolute Gasteiger partial charge is 0.126 e. The number of rotatable bonds is 6. The zero-order chi connectivity index (χ0) is 12.7. The zero-order valence-electron chi connectivity index (χ0n) is 11.0. The van der Waals surface area contributed by atoms with Crippen LogP contribution in [0.15, 0.2) is 24.3 Å². The highest BCUT2D eigenvalue weighted by Gasteiger charge is 2.06. The summed E-state index contributed by atoms with van der Waals surface area (Å²) in [6.07, 6.45) is 3.20. The third-order valence-corrected chi connectivity index (χ3v) is 2.68. The van der Waals surface area contributed by atoms with Crippen LogP contribution in [0.4, 0.5) is 0 Å². The Hall–Kier alpha value is -1.48. The van der Waals surface area contributed by atoms with Crippen molar-refractivity contribution in [2.45, 2.75) is 13.3 Å². The van der Waals surface area contributed by atoms with E-state index in [9.17, 15) is 0 Å². The van der Waals surface area contributed by atoms with E-state index < -0.39 is 0 Å². The predicted molar refractivity (Wildman–Crippen MR) is 71.7 cm³/mol. The molecule has 3 nitrogen and oxygen atoms in total. The van der Waals surface area contributed by atoms with Gasteiger partial charge in [-0.05, 0) is 50.7 Å². The maximum atomic E-state index is 5.36. The molecule has 0 fully saturated rings. The lowest BCUT2D eigenvalue weighted by atomic mass is 10.0. The average molecular weight is 235 g/mol. The van der Waals surface area contributed by atoms with Gasteiger partial charge in [0.1, 0.15) is 11.5 Å². The van der Waals surface area contributed by atoms with E-state index in [0.717, 1.165) is 30.0 Å². The molecule has 0 saturated heterocycles. The number of hydrogen-bond acceptors (Lipinski definition) is 3. The molecule has 1 N–H and O–H groups in total. The molecular weight excluding hydrogens is 214 g/mol. The largest absolute Gasteiger partial charge is 0.497 e. The molecule has 0 radical (unpaired) electrons. The number of hydrogen-bond donors (Lipinski definition) is 1. The predicted octanol–water partition coefficient (Wildman–Crippen LogP) is 2.72. The maximum absolute atomic E-state index is 5.36. The molecule has 0 aliphatic rings. The monoisotopic (exact) mass is 235 g/mol. The van der Waals surface area contributed by atoms with Crippen LogP contribution in [0.25, 0.3) is 5.57 Å². The average Bonchev–Trinajstić information content (AvgIpc) is 2.38.